The van der Waals surface area contributed by atoms with Crippen molar-refractivity contribution in [2.24, 2.45) is 0 Å². The maximum Gasteiger partial charge on any atom is 0.125 e. The van der Waals surface area contributed by atoms with Crippen molar-refractivity contribution in [2.75, 3.05) is 31.2 Å². The summed E-state index contributed by atoms with van der Waals surface area (Å²) in [5.41, 5.74) is 6.96. The molecule has 17 heavy (non-hydrogen) atoms. The monoisotopic (exact) mass is 239 g/mol. The smallest absolute Gasteiger partial charge is 0.125 e. The zero-order valence-electron chi connectivity index (χ0n) is 10.8. The summed E-state index contributed by atoms with van der Waals surface area (Å²) in [4.78, 5) is 2.29. The Morgan fingerprint density at radius 1 is 1.41 bits per heavy atom. The minimum absolute atomic E-state index is 0.299. The van der Waals surface area contributed by atoms with Crippen molar-refractivity contribution in [3.63, 3.8) is 0 Å². The number of rotatable bonds is 6. The third kappa shape index (κ3) is 4.61. The fraction of sp³-hybridized carbons (Fsp3) is 0.538. The minimum Gasteiger partial charge on any atom is -0.397 e. The van der Waals surface area contributed by atoms with E-state index in [2.05, 4.69) is 31.1 Å². The number of nitrogens with two attached hydrogens (primary N) is 1. The fourth-order valence-corrected chi connectivity index (χ4v) is 1.50. The van der Waals surface area contributed by atoms with Crippen LogP contribution in [0.15, 0.2) is 18.2 Å². The SMILES string of the molecule is CC(C)N(C)CCCNc1ccc(F)cc1N. The van der Waals surface area contributed by atoms with Gasteiger partial charge in [-0.25, -0.2) is 4.39 Å². The summed E-state index contributed by atoms with van der Waals surface area (Å²) in [5, 5.41) is 3.22. The standard InChI is InChI=1S/C13H22FN3/c1-10(2)17(3)8-4-7-16-13-6-5-11(14)9-12(13)15/h5-6,9-10,16H,4,7-8,15H2,1-3H3. The Morgan fingerprint density at radius 2 is 2.12 bits per heavy atom. The van der Waals surface area contributed by atoms with E-state index in [4.69, 9.17) is 5.73 Å². The molecule has 0 atom stereocenters. The van der Waals surface area contributed by atoms with Crippen LogP contribution >= 0.6 is 0 Å². The van der Waals surface area contributed by atoms with Crippen LogP contribution in [0.1, 0.15) is 20.3 Å². The lowest BCUT2D eigenvalue weighted by Crippen LogP contribution is -2.28. The fourth-order valence-electron chi connectivity index (χ4n) is 1.50. The lowest BCUT2D eigenvalue weighted by Gasteiger charge is -2.21. The van der Waals surface area contributed by atoms with Crippen molar-refractivity contribution in [1.29, 1.82) is 0 Å². The van der Waals surface area contributed by atoms with Gasteiger partial charge in [-0.05, 0) is 52.1 Å². The van der Waals surface area contributed by atoms with E-state index in [-0.39, 0.29) is 5.82 Å². The van der Waals surface area contributed by atoms with Crippen molar-refractivity contribution in [2.45, 2.75) is 26.3 Å². The molecule has 1 aromatic rings. The summed E-state index contributed by atoms with van der Waals surface area (Å²) in [6.07, 6.45) is 1.03. The van der Waals surface area contributed by atoms with E-state index in [1.165, 1.54) is 12.1 Å². The molecule has 0 bridgehead atoms. The molecule has 0 aliphatic heterocycles. The molecule has 0 spiro atoms. The molecule has 0 aliphatic rings. The number of halogens is 1. The first-order chi connectivity index (χ1) is 8.00. The van der Waals surface area contributed by atoms with Crippen LogP contribution < -0.4 is 11.1 Å². The molecule has 0 fully saturated rings. The predicted octanol–water partition coefficient (Wildman–Crippen LogP) is 2.55. The Balaban J connectivity index is 2.31. The molecular weight excluding hydrogens is 217 g/mol. The van der Waals surface area contributed by atoms with E-state index < -0.39 is 0 Å². The molecule has 4 heteroatoms. The van der Waals surface area contributed by atoms with Gasteiger partial charge in [-0.2, -0.15) is 0 Å². The molecule has 1 rings (SSSR count). The molecule has 0 saturated carbocycles. The largest absolute Gasteiger partial charge is 0.397 e. The molecule has 3 N–H and O–H groups in total. The first kappa shape index (κ1) is 13.8. The first-order valence-corrected chi connectivity index (χ1v) is 6.00. The van der Waals surface area contributed by atoms with Crippen LogP contribution in [0, 0.1) is 5.82 Å². The summed E-state index contributed by atoms with van der Waals surface area (Å²) >= 11 is 0. The number of hydrogen-bond acceptors (Lipinski definition) is 3. The third-order valence-corrected chi connectivity index (χ3v) is 2.90. The first-order valence-electron chi connectivity index (χ1n) is 6.00. The van der Waals surface area contributed by atoms with E-state index in [0.717, 1.165) is 25.2 Å². The highest BCUT2D eigenvalue weighted by Gasteiger charge is 2.03. The number of benzene rings is 1. The van der Waals surface area contributed by atoms with Gasteiger partial charge in [-0.1, -0.05) is 0 Å². The highest BCUT2D eigenvalue weighted by atomic mass is 19.1. The van der Waals surface area contributed by atoms with E-state index in [9.17, 15) is 4.39 Å². The zero-order chi connectivity index (χ0) is 12.8. The van der Waals surface area contributed by atoms with Gasteiger partial charge in [0.2, 0.25) is 0 Å². The number of nitrogens with one attached hydrogen (secondary N) is 1. The van der Waals surface area contributed by atoms with Gasteiger partial charge in [0, 0.05) is 12.6 Å². The molecular formula is C13H22FN3. The number of hydrogen-bond donors (Lipinski definition) is 2. The van der Waals surface area contributed by atoms with Crippen LogP contribution in [0.5, 0.6) is 0 Å². The van der Waals surface area contributed by atoms with Gasteiger partial charge in [-0.3, -0.25) is 0 Å². The average Bonchev–Trinajstić information content (AvgIpc) is 2.26. The van der Waals surface area contributed by atoms with Crippen LogP contribution in [0.4, 0.5) is 15.8 Å². The van der Waals surface area contributed by atoms with Gasteiger partial charge in [0.25, 0.3) is 0 Å². The second-order valence-electron chi connectivity index (χ2n) is 4.59. The maximum atomic E-state index is 12.8. The Morgan fingerprint density at radius 3 is 2.71 bits per heavy atom. The lowest BCUT2D eigenvalue weighted by molar-refractivity contribution is 0.273. The van der Waals surface area contributed by atoms with Crippen LogP contribution in [0.3, 0.4) is 0 Å². The quantitative estimate of drug-likeness (QED) is 0.592. The third-order valence-electron chi connectivity index (χ3n) is 2.90. The number of nitrogens with zero attached hydrogens (tertiary/aromatic N) is 1. The molecule has 0 radical (unpaired) electrons. The van der Waals surface area contributed by atoms with Crippen molar-refractivity contribution in [3.05, 3.63) is 24.0 Å². The molecule has 0 aliphatic carbocycles. The summed E-state index contributed by atoms with van der Waals surface area (Å²) in [7, 11) is 2.11. The Hall–Kier alpha value is -1.29. The highest BCUT2D eigenvalue weighted by molar-refractivity contribution is 5.65. The molecule has 0 heterocycles. The van der Waals surface area contributed by atoms with Gasteiger partial charge in [-0.15, -0.1) is 0 Å². The Bertz CT molecular complexity index is 353. The Labute approximate surface area is 103 Å². The molecule has 0 amide bonds. The van der Waals surface area contributed by atoms with Crippen molar-refractivity contribution in [3.8, 4) is 0 Å². The van der Waals surface area contributed by atoms with Gasteiger partial charge < -0.3 is 16.0 Å². The molecule has 0 saturated heterocycles. The Kier molecular flexibility index (Phi) is 5.22. The van der Waals surface area contributed by atoms with Crippen molar-refractivity contribution < 1.29 is 4.39 Å². The van der Waals surface area contributed by atoms with Crippen molar-refractivity contribution >= 4 is 11.4 Å². The summed E-state index contributed by atoms with van der Waals surface area (Å²) in [6.45, 7) is 6.22. The summed E-state index contributed by atoms with van der Waals surface area (Å²) in [5.74, 6) is -0.299. The van der Waals surface area contributed by atoms with Gasteiger partial charge in [0.1, 0.15) is 5.82 Å². The highest BCUT2D eigenvalue weighted by Crippen LogP contribution is 2.18. The number of nitrogen functional groups attached to an aromatic ring is 1. The zero-order valence-corrected chi connectivity index (χ0v) is 10.8. The second kappa shape index (κ2) is 6.45. The maximum absolute atomic E-state index is 12.8. The van der Waals surface area contributed by atoms with E-state index in [1.54, 1.807) is 6.07 Å². The van der Waals surface area contributed by atoms with Crippen molar-refractivity contribution in [1.82, 2.24) is 4.90 Å². The van der Waals surface area contributed by atoms with E-state index >= 15 is 0 Å². The van der Waals surface area contributed by atoms with Gasteiger partial charge in [0.05, 0.1) is 11.4 Å². The van der Waals surface area contributed by atoms with E-state index in [0.29, 0.717) is 11.7 Å². The summed E-state index contributed by atoms with van der Waals surface area (Å²) < 4.78 is 12.8. The van der Waals surface area contributed by atoms with Gasteiger partial charge >= 0.3 is 0 Å². The van der Waals surface area contributed by atoms with Crippen LogP contribution in [-0.4, -0.2) is 31.1 Å². The number of anilines is 2. The molecule has 0 aromatic heterocycles. The van der Waals surface area contributed by atoms with Crippen LogP contribution in [0.25, 0.3) is 0 Å². The minimum atomic E-state index is -0.299. The molecule has 1 aromatic carbocycles. The predicted molar refractivity (Wildman–Crippen MR) is 71.7 cm³/mol. The van der Waals surface area contributed by atoms with Crippen LogP contribution in [0.2, 0.25) is 0 Å². The normalized spacial score (nSPS) is 11.2. The molecule has 3 nitrogen and oxygen atoms in total. The van der Waals surface area contributed by atoms with Gasteiger partial charge in [0.15, 0.2) is 0 Å². The summed E-state index contributed by atoms with van der Waals surface area (Å²) in [6, 6.07) is 4.99. The van der Waals surface area contributed by atoms with Crippen LogP contribution in [-0.2, 0) is 0 Å². The molecule has 0 unspecified atom stereocenters. The lowest BCUT2D eigenvalue weighted by atomic mass is 10.2. The molecule has 96 valence electrons. The topological polar surface area (TPSA) is 41.3 Å². The average molecular weight is 239 g/mol. The second-order valence-corrected chi connectivity index (χ2v) is 4.59. The van der Waals surface area contributed by atoms with E-state index in [1.807, 2.05) is 0 Å².